The van der Waals surface area contributed by atoms with Crippen LogP contribution in [0.2, 0.25) is 0 Å². The molecule has 3 aromatic rings. The van der Waals surface area contributed by atoms with Gasteiger partial charge < -0.3 is 15.4 Å². The Labute approximate surface area is 248 Å². The Hall–Kier alpha value is -3.78. The van der Waals surface area contributed by atoms with Gasteiger partial charge in [0.05, 0.1) is 34.4 Å². The summed E-state index contributed by atoms with van der Waals surface area (Å²) >= 11 is 1.30. The van der Waals surface area contributed by atoms with Crippen LogP contribution in [0.5, 0.6) is 0 Å². The highest BCUT2D eigenvalue weighted by atomic mass is 32.2. The maximum atomic E-state index is 13.1. The maximum Gasteiger partial charge on any atom is 0.286 e. The van der Waals surface area contributed by atoms with Crippen molar-refractivity contribution in [3.8, 4) is 16.9 Å². The molecule has 0 aliphatic carbocycles. The molecule has 0 spiro atoms. The van der Waals surface area contributed by atoms with E-state index in [2.05, 4.69) is 4.99 Å². The quantitative estimate of drug-likeness (QED) is 0.423. The number of sulfonamides is 1. The number of morpholine rings is 1. The first-order valence-corrected chi connectivity index (χ1v) is 16.0. The zero-order valence-electron chi connectivity index (χ0n) is 22.8. The summed E-state index contributed by atoms with van der Waals surface area (Å²) in [5.41, 5.74) is 8.32. The Morgan fingerprint density at radius 3 is 2.36 bits per heavy atom. The number of primary amides is 1. The van der Waals surface area contributed by atoms with Crippen LogP contribution in [0.15, 0.2) is 75.6 Å². The molecule has 1 aromatic heterocycles. The fourth-order valence-corrected chi connectivity index (χ4v) is 7.54. The molecule has 6 rings (SSSR count). The SMILES string of the molecule is NC(=O)C1CCN(C2=NC(=O)/C(=C\c3cn(-c4ccccc4)nc3-c3ccc(S(=O)(=O)N4CCOCC4)cc3)S2)CC1. The van der Waals surface area contributed by atoms with E-state index in [9.17, 15) is 18.0 Å². The monoisotopic (exact) mass is 606 g/mol. The van der Waals surface area contributed by atoms with Gasteiger partial charge in [0.1, 0.15) is 0 Å². The van der Waals surface area contributed by atoms with Crippen molar-refractivity contribution in [1.29, 1.82) is 0 Å². The van der Waals surface area contributed by atoms with Crippen LogP contribution in [0.25, 0.3) is 23.0 Å². The lowest BCUT2D eigenvalue weighted by Crippen LogP contribution is -2.40. The molecular formula is C29H30N6O5S2. The van der Waals surface area contributed by atoms with Gasteiger partial charge in [-0.3, -0.25) is 9.59 Å². The number of amidine groups is 1. The molecule has 0 saturated carbocycles. The van der Waals surface area contributed by atoms with Gasteiger partial charge in [-0.15, -0.1) is 0 Å². The number of carbonyl (C=O) groups is 2. The van der Waals surface area contributed by atoms with E-state index in [1.807, 2.05) is 41.4 Å². The van der Waals surface area contributed by atoms with Crippen molar-refractivity contribution in [3.63, 3.8) is 0 Å². The smallest absolute Gasteiger partial charge is 0.286 e. The van der Waals surface area contributed by atoms with Crippen molar-refractivity contribution in [3.05, 3.63) is 71.3 Å². The number of thioether (sulfide) groups is 1. The van der Waals surface area contributed by atoms with Crippen molar-refractivity contribution in [2.24, 2.45) is 16.6 Å². The lowest BCUT2D eigenvalue weighted by Gasteiger charge is -2.31. The summed E-state index contributed by atoms with van der Waals surface area (Å²) < 4.78 is 34.7. The molecule has 0 atom stereocenters. The number of rotatable bonds is 6. The average Bonchev–Trinajstić information content (AvgIpc) is 3.61. The minimum Gasteiger partial charge on any atom is -0.379 e. The van der Waals surface area contributed by atoms with Gasteiger partial charge in [-0.25, -0.2) is 13.1 Å². The number of aromatic nitrogens is 2. The number of para-hydroxylation sites is 1. The van der Waals surface area contributed by atoms with Gasteiger partial charge in [0.2, 0.25) is 15.9 Å². The number of nitrogens with two attached hydrogens (primary N) is 1. The number of aliphatic imine (C=N–C) groups is 1. The average molecular weight is 607 g/mol. The molecule has 42 heavy (non-hydrogen) atoms. The fraction of sp³-hybridized carbons (Fsp3) is 0.310. The highest BCUT2D eigenvalue weighted by molar-refractivity contribution is 8.18. The van der Waals surface area contributed by atoms with Crippen molar-refractivity contribution in [2.75, 3.05) is 39.4 Å². The van der Waals surface area contributed by atoms with Crippen LogP contribution in [0.4, 0.5) is 0 Å². The topological polar surface area (TPSA) is 140 Å². The van der Waals surface area contributed by atoms with Gasteiger partial charge in [-0.1, -0.05) is 30.3 Å². The Morgan fingerprint density at radius 1 is 1.00 bits per heavy atom. The van der Waals surface area contributed by atoms with Crippen LogP contribution in [0.1, 0.15) is 18.4 Å². The number of amides is 2. The molecule has 3 aliphatic heterocycles. The molecule has 218 valence electrons. The summed E-state index contributed by atoms with van der Waals surface area (Å²) in [6.07, 6.45) is 4.89. The third-order valence-electron chi connectivity index (χ3n) is 7.56. The first-order chi connectivity index (χ1) is 20.3. The van der Waals surface area contributed by atoms with Gasteiger partial charge in [0.25, 0.3) is 5.91 Å². The normalized spacial score (nSPS) is 19.8. The second-order valence-electron chi connectivity index (χ2n) is 10.2. The summed E-state index contributed by atoms with van der Waals surface area (Å²) in [7, 11) is -3.64. The Bertz CT molecular complexity index is 1650. The predicted octanol–water partition coefficient (Wildman–Crippen LogP) is 2.73. The largest absolute Gasteiger partial charge is 0.379 e. The molecule has 13 heteroatoms. The van der Waals surface area contributed by atoms with Crippen LogP contribution in [0.3, 0.4) is 0 Å². The number of hydrogen-bond acceptors (Lipinski definition) is 8. The standard InChI is InChI=1S/C29H30N6O5S2/c30-27(36)21-10-12-33(13-11-21)29-31-28(37)25(41-29)18-22-19-35(23-4-2-1-3-5-23)32-26(22)20-6-8-24(9-7-20)42(38,39)34-14-16-40-17-15-34/h1-9,18-19,21H,10-17H2,(H2,30,36)/b25-18+. The number of piperidine rings is 1. The summed E-state index contributed by atoms with van der Waals surface area (Å²) in [6, 6.07) is 16.3. The van der Waals surface area contributed by atoms with E-state index in [0.717, 1.165) is 5.69 Å². The zero-order valence-corrected chi connectivity index (χ0v) is 24.4. The van der Waals surface area contributed by atoms with E-state index >= 15 is 0 Å². The van der Waals surface area contributed by atoms with Gasteiger partial charge in [0, 0.05) is 49.4 Å². The van der Waals surface area contributed by atoms with Gasteiger partial charge in [0.15, 0.2) is 5.17 Å². The highest BCUT2D eigenvalue weighted by Crippen LogP contribution is 2.35. The Morgan fingerprint density at radius 2 is 1.69 bits per heavy atom. The molecule has 2 N–H and O–H groups in total. The Kier molecular flexibility index (Phi) is 7.99. The summed E-state index contributed by atoms with van der Waals surface area (Å²) in [5.74, 6) is -0.778. The van der Waals surface area contributed by atoms with Crippen LogP contribution >= 0.6 is 11.8 Å². The Balaban J connectivity index is 1.29. The van der Waals surface area contributed by atoms with E-state index < -0.39 is 10.0 Å². The number of ether oxygens (including phenoxy) is 1. The zero-order chi connectivity index (χ0) is 29.3. The number of nitrogens with zero attached hydrogens (tertiary/aromatic N) is 5. The molecule has 3 aliphatic rings. The van der Waals surface area contributed by atoms with Gasteiger partial charge >= 0.3 is 0 Å². The minimum atomic E-state index is -3.64. The van der Waals surface area contributed by atoms with Crippen molar-refractivity contribution < 1.29 is 22.7 Å². The van der Waals surface area contributed by atoms with Crippen LogP contribution < -0.4 is 5.73 Å². The molecule has 0 unspecified atom stereocenters. The predicted molar refractivity (Wildman–Crippen MR) is 160 cm³/mol. The molecule has 0 radical (unpaired) electrons. The van der Waals surface area contributed by atoms with Crippen LogP contribution in [-0.2, 0) is 24.3 Å². The molecule has 2 aromatic carbocycles. The summed E-state index contributed by atoms with van der Waals surface area (Å²) in [5, 5.41) is 5.43. The number of carbonyl (C=O) groups excluding carboxylic acids is 2. The minimum absolute atomic E-state index is 0.152. The van der Waals surface area contributed by atoms with E-state index in [1.165, 1.54) is 16.1 Å². The van der Waals surface area contributed by atoms with Gasteiger partial charge in [-0.05, 0) is 54.9 Å². The van der Waals surface area contributed by atoms with E-state index in [4.69, 9.17) is 15.6 Å². The third-order valence-corrected chi connectivity index (χ3v) is 10.5. The van der Waals surface area contributed by atoms with Crippen LogP contribution in [0, 0.1) is 5.92 Å². The summed E-state index contributed by atoms with van der Waals surface area (Å²) in [6.45, 7) is 2.61. The highest BCUT2D eigenvalue weighted by Gasteiger charge is 2.31. The first kappa shape index (κ1) is 28.3. The lowest BCUT2D eigenvalue weighted by molar-refractivity contribution is -0.123. The summed E-state index contributed by atoms with van der Waals surface area (Å²) in [4.78, 5) is 31.5. The van der Waals surface area contributed by atoms with E-state index in [0.29, 0.717) is 79.1 Å². The molecule has 4 heterocycles. The van der Waals surface area contributed by atoms with E-state index in [-0.39, 0.29) is 22.6 Å². The molecule has 11 nitrogen and oxygen atoms in total. The number of benzene rings is 2. The second kappa shape index (κ2) is 11.8. The molecule has 2 fully saturated rings. The van der Waals surface area contributed by atoms with Crippen LogP contribution in [-0.4, -0.2) is 83.8 Å². The first-order valence-electron chi connectivity index (χ1n) is 13.7. The molecule has 2 saturated heterocycles. The molecular weight excluding hydrogens is 576 g/mol. The molecule has 2 amide bonds. The maximum absolute atomic E-state index is 13.1. The van der Waals surface area contributed by atoms with Gasteiger partial charge in [-0.2, -0.15) is 14.4 Å². The number of likely N-dealkylation sites (tertiary alicyclic amines) is 1. The van der Waals surface area contributed by atoms with Crippen molar-refractivity contribution in [2.45, 2.75) is 17.7 Å². The fourth-order valence-electron chi connectivity index (χ4n) is 5.18. The van der Waals surface area contributed by atoms with Crippen molar-refractivity contribution in [1.82, 2.24) is 19.0 Å². The molecule has 0 bridgehead atoms. The lowest BCUT2D eigenvalue weighted by atomic mass is 9.97. The van der Waals surface area contributed by atoms with E-state index in [1.54, 1.807) is 35.0 Å². The number of hydrogen-bond donors (Lipinski definition) is 1. The second-order valence-corrected chi connectivity index (χ2v) is 13.2. The third kappa shape index (κ3) is 5.77. The van der Waals surface area contributed by atoms with Crippen molar-refractivity contribution >= 4 is 44.8 Å².